The standard InChI is InChI=1S/C17H27NO2/c1-19-11-12-20-10-9-16(14-18-17-7-8-17)13-15-5-3-2-4-6-15/h2-6,16-18H,7-14H2,1H3. The molecule has 1 aromatic carbocycles. The van der Waals surface area contributed by atoms with Gasteiger partial charge in [0.15, 0.2) is 0 Å². The fraction of sp³-hybridized carbons (Fsp3) is 0.647. The average Bonchev–Trinajstić information content (AvgIpc) is 3.29. The molecule has 0 saturated heterocycles. The number of methoxy groups -OCH3 is 1. The Hall–Kier alpha value is -0.900. The molecular weight excluding hydrogens is 250 g/mol. The number of hydrogen-bond donors (Lipinski definition) is 1. The second-order valence-electron chi connectivity index (χ2n) is 5.63. The minimum absolute atomic E-state index is 0.653. The third-order valence-corrected chi connectivity index (χ3v) is 3.74. The molecule has 112 valence electrons. The molecule has 1 aliphatic rings. The lowest BCUT2D eigenvalue weighted by Crippen LogP contribution is -2.27. The minimum atomic E-state index is 0.653. The van der Waals surface area contributed by atoms with Gasteiger partial charge in [0.2, 0.25) is 0 Å². The Kier molecular flexibility index (Phi) is 7.06. The predicted molar refractivity (Wildman–Crippen MR) is 82.0 cm³/mol. The van der Waals surface area contributed by atoms with E-state index in [9.17, 15) is 0 Å². The van der Waals surface area contributed by atoms with Crippen LogP contribution in [0.3, 0.4) is 0 Å². The highest BCUT2D eigenvalue weighted by Gasteiger charge is 2.21. The summed E-state index contributed by atoms with van der Waals surface area (Å²) in [6, 6.07) is 11.5. The first-order valence-corrected chi connectivity index (χ1v) is 7.72. The Morgan fingerprint density at radius 2 is 1.95 bits per heavy atom. The molecule has 1 unspecified atom stereocenters. The van der Waals surface area contributed by atoms with Crippen LogP contribution in [0, 0.1) is 5.92 Å². The molecule has 1 atom stereocenters. The molecular formula is C17H27NO2. The van der Waals surface area contributed by atoms with Gasteiger partial charge in [0.05, 0.1) is 13.2 Å². The Morgan fingerprint density at radius 3 is 2.65 bits per heavy atom. The van der Waals surface area contributed by atoms with Crippen molar-refractivity contribution >= 4 is 0 Å². The highest BCUT2D eigenvalue weighted by Crippen LogP contribution is 2.20. The van der Waals surface area contributed by atoms with Crippen LogP contribution in [-0.4, -0.2) is 39.5 Å². The number of nitrogens with one attached hydrogen (secondary N) is 1. The van der Waals surface area contributed by atoms with Gasteiger partial charge in [-0.15, -0.1) is 0 Å². The van der Waals surface area contributed by atoms with Crippen LogP contribution < -0.4 is 5.32 Å². The van der Waals surface area contributed by atoms with Crippen molar-refractivity contribution in [2.45, 2.75) is 31.7 Å². The lowest BCUT2D eigenvalue weighted by atomic mass is 9.96. The maximum atomic E-state index is 5.61. The number of hydrogen-bond acceptors (Lipinski definition) is 3. The van der Waals surface area contributed by atoms with Crippen molar-refractivity contribution in [3.8, 4) is 0 Å². The van der Waals surface area contributed by atoms with Crippen LogP contribution in [-0.2, 0) is 15.9 Å². The van der Waals surface area contributed by atoms with Gasteiger partial charge in [-0.1, -0.05) is 30.3 Å². The molecule has 20 heavy (non-hydrogen) atoms. The lowest BCUT2D eigenvalue weighted by Gasteiger charge is -2.18. The Bertz CT molecular complexity index is 351. The van der Waals surface area contributed by atoms with Crippen molar-refractivity contribution in [2.75, 3.05) is 33.5 Å². The molecule has 0 aromatic heterocycles. The van der Waals surface area contributed by atoms with Crippen LogP contribution in [0.1, 0.15) is 24.8 Å². The molecule has 0 heterocycles. The summed E-state index contributed by atoms with van der Waals surface area (Å²) in [4.78, 5) is 0. The van der Waals surface area contributed by atoms with E-state index in [-0.39, 0.29) is 0 Å². The van der Waals surface area contributed by atoms with Crippen LogP contribution >= 0.6 is 0 Å². The Labute approximate surface area is 122 Å². The zero-order valence-corrected chi connectivity index (χ0v) is 12.5. The van der Waals surface area contributed by atoms with Crippen LogP contribution in [0.5, 0.6) is 0 Å². The van der Waals surface area contributed by atoms with Crippen LogP contribution in [0.15, 0.2) is 30.3 Å². The van der Waals surface area contributed by atoms with Gasteiger partial charge < -0.3 is 14.8 Å². The van der Waals surface area contributed by atoms with E-state index in [0.29, 0.717) is 19.1 Å². The van der Waals surface area contributed by atoms with Gasteiger partial charge in [-0.05, 0) is 43.7 Å². The second kappa shape index (κ2) is 9.11. The predicted octanol–water partition coefficient (Wildman–Crippen LogP) is 2.65. The van der Waals surface area contributed by atoms with E-state index in [1.807, 2.05) is 0 Å². The van der Waals surface area contributed by atoms with Crippen molar-refractivity contribution in [1.82, 2.24) is 5.32 Å². The molecule has 0 radical (unpaired) electrons. The quantitative estimate of drug-likeness (QED) is 0.631. The molecule has 1 aliphatic carbocycles. The summed E-state index contributed by atoms with van der Waals surface area (Å²) in [7, 11) is 1.71. The maximum absolute atomic E-state index is 5.61. The van der Waals surface area contributed by atoms with Crippen molar-refractivity contribution in [1.29, 1.82) is 0 Å². The third kappa shape index (κ3) is 6.51. The minimum Gasteiger partial charge on any atom is -0.382 e. The van der Waals surface area contributed by atoms with Crippen LogP contribution in [0.25, 0.3) is 0 Å². The van der Waals surface area contributed by atoms with E-state index in [4.69, 9.17) is 9.47 Å². The normalized spacial score (nSPS) is 16.2. The summed E-state index contributed by atoms with van der Waals surface area (Å²) in [6.07, 6.45) is 4.94. The van der Waals surface area contributed by atoms with Crippen molar-refractivity contribution in [3.05, 3.63) is 35.9 Å². The highest BCUT2D eigenvalue weighted by molar-refractivity contribution is 5.15. The lowest BCUT2D eigenvalue weighted by molar-refractivity contribution is 0.0636. The summed E-state index contributed by atoms with van der Waals surface area (Å²) in [6.45, 7) is 3.31. The zero-order valence-electron chi connectivity index (χ0n) is 12.5. The third-order valence-electron chi connectivity index (χ3n) is 3.74. The smallest absolute Gasteiger partial charge is 0.0700 e. The van der Waals surface area contributed by atoms with Gasteiger partial charge in [-0.25, -0.2) is 0 Å². The van der Waals surface area contributed by atoms with Gasteiger partial charge in [-0.3, -0.25) is 0 Å². The summed E-state index contributed by atoms with van der Waals surface area (Å²) in [5.74, 6) is 0.653. The second-order valence-corrected chi connectivity index (χ2v) is 5.63. The fourth-order valence-electron chi connectivity index (χ4n) is 2.34. The maximum Gasteiger partial charge on any atom is 0.0700 e. The van der Waals surface area contributed by atoms with Gasteiger partial charge in [0.1, 0.15) is 0 Å². The van der Waals surface area contributed by atoms with Gasteiger partial charge >= 0.3 is 0 Å². The molecule has 1 saturated carbocycles. The SMILES string of the molecule is COCCOCCC(CNC1CC1)Cc1ccccc1. The molecule has 1 aromatic rings. The van der Waals surface area contributed by atoms with E-state index in [1.54, 1.807) is 7.11 Å². The summed E-state index contributed by atoms with van der Waals surface area (Å²) < 4.78 is 10.6. The largest absolute Gasteiger partial charge is 0.382 e. The number of rotatable bonds is 11. The molecule has 2 rings (SSSR count). The van der Waals surface area contributed by atoms with E-state index < -0.39 is 0 Å². The van der Waals surface area contributed by atoms with Crippen molar-refractivity contribution in [2.24, 2.45) is 5.92 Å². The molecule has 0 bridgehead atoms. The molecule has 3 heteroatoms. The first kappa shape index (κ1) is 15.5. The van der Waals surface area contributed by atoms with Crippen LogP contribution in [0.2, 0.25) is 0 Å². The average molecular weight is 277 g/mol. The van der Waals surface area contributed by atoms with Gasteiger partial charge in [0.25, 0.3) is 0 Å². The number of benzene rings is 1. The van der Waals surface area contributed by atoms with Gasteiger partial charge in [0, 0.05) is 19.8 Å². The van der Waals surface area contributed by atoms with E-state index in [2.05, 4.69) is 35.6 Å². The Morgan fingerprint density at radius 1 is 1.15 bits per heavy atom. The van der Waals surface area contributed by atoms with Gasteiger partial charge in [-0.2, -0.15) is 0 Å². The first-order chi connectivity index (χ1) is 9.88. The number of ether oxygens (including phenoxy) is 2. The fourth-order valence-corrected chi connectivity index (χ4v) is 2.34. The molecule has 1 fully saturated rings. The molecule has 3 nitrogen and oxygen atoms in total. The van der Waals surface area contributed by atoms with Crippen LogP contribution in [0.4, 0.5) is 0 Å². The van der Waals surface area contributed by atoms with E-state index in [1.165, 1.54) is 18.4 Å². The van der Waals surface area contributed by atoms with E-state index >= 15 is 0 Å². The first-order valence-electron chi connectivity index (χ1n) is 7.72. The van der Waals surface area contributed by atoms with E-state index in [0.717, 1.165) is 32.0 Å². The zero-order chi connectivity index (χ0) is 14.0. The summed E-state index contributed by atoms with van der Waals surface area (Å²) in [5.41, 5.74) is 1.42. The topological polar surface area (TPSA) is 30.5 Å². The molecule has 0 spiro atoms. The summed E-state index contributed by atoms with van der Waals surface area (Å²) in [5, 5.41) is 3.65. The monoisotopic (exact) mass is 277 g/mol. The molecule has 1 N–H and O–H groups in total. The Balaban J connectivity index is 1.71. The highest BCUT2D eigenvalue weighted by atomic mass is 16.5. The molecule has 0 aliphatic heterocycles. The van der Waals surface area contributed by atoms with Crippen molar-refractivity contribution in [3.63, 3.8) is 0 Å². The summed E-state index contributed by atoms with van der Waals surface area (Å²) >= 11 is 0. The van der Waals surface area contributed by atoms with Crippen molar-refractivity contribution < 1.29 is 9.47 Å². The molecule has 0 amide bonds.